The fourth-order valence-electron chi connectivity index (χ4n) is 2.43. The molecule has 0 radical (unpaired) electrons. The molecule has 0 fully saturated rings. The summed E-state index contributed by atoms with van der Waals surface area (Å²) >= 11 is 1.12. The van der Waals surface area contributed by atoms with E-state index in [1.54, 1.807) is 14.2 Å². The summed E-state index contributed by atoms with van der Waals surface area (Å²) in [6, 6.07) is 10.1. The van der Waals surface area contributed by atoms with Gasteiger partial charge in [0.1, 0.15) is 5.65 Å². The molecule has 6 nitrogen and oxygen atoms in total. The molecule has 2 heterocycles. The quantitative estimate of drug-likeness (QED) is 0.677. The van der Waals surface area contributed by atoms with Crippen molar-refractivity contribution in [2.24, 2.45) is 5.14 Å². The Kier molecular flexibility index (Phi) is 4.71. The second-order valence-electron chi connectivity index (χ2n) is 4.92. The summed E-state index contributed by atoms with van der Waals surface area (Å²) in [6.45, 7) is 0.722. The molecule has 3 aromatic rings. The van der Waals surface area contributed by atoms with Gasteiger partial charge in [-0.3, -0.25) is 9.54 Å². The van der Waals surface area contributed by atoms with Crippen LogP contribution in [-0.2, 0) is 6.54 Å². The van der Waals surface area contributed by atoms with Crippen LogP contribution in [0, 0.1) is 0 Å². The number of hydrogen-bond acceptors (Lipinski definition) is 6. The van der Waals surface area contributed by atoms with E-state index in [0.717, 1.165) is 35.6 Å². The molecule has 0 aliphatic heterocycles. The van der Waals surface area contributed by atoms with Gasteiger partial charge in [-0.05, 0) is 5.56 Å². The Bertz CT molecular complexity index is 802. The molecule has 23 heavy (non-hydrogen) atoms. The minimum Gasteiger partial charge on any atom is -0.493 e. The lowest BCUT2D eigenvalue weighted by Gasteiger charge is -2.09. The molecule has 7 heteroatoms. The van der Waals surface area contributed by atoms with Crippen molar-refractivity contribution in [3.05, 3.63) is 48.3 Å². The van der Waals surface area contributed by atoms with Gasteiger partial charge in [0.05, 0.1) is 32.3 Å². The van der Waals surface area contributed by atoms with Crippen molar-refractivity contribution >= 4 is 17.8 Å². The van der Waals surface area contributed by atoms with Crippen LogP contribution in [-0.4, -0.2) is 23.6 Å². The highest BCUT2D eigenvalue weighted by atomic mass is 32.2. The lowest BCUT2D eigenvalue weighted by Crippen LogP contribution is -2.05. The van der Waals surface area contributed by atoms with Crippen LogP contribution in [0.5, 0.6) is 11.5 Å². The van der Waals surface area contributed by atoms with Gasteiger partial charge in [-0.15, -0.1) is 0 Å². The summed E-state index contributed by atoms with van der Waals surface area (Å²) in [4.78, 5) is 4.45. The van der Waals surface area contributed by atoms with E-state index in [4.69, 9.17) is 14.6 Å². The normalized spacial score (nSPS) is 10.9. The van der Waals surface area contributed by atoms with Crippen molar-refractivity contribution in [2.45, 2.75) is 6.54 Å². The number of nitrogens with one attached hydrogen (secondary N) is 1. The van der Waals surface area contributed by atoms with Crippen molar-refractivity contribution < 1.29 is 9.47 Å². The number of fused-ring (bicyclic) bond motifs is 1. The molecule has 0 saturated carbocycles. The summed E-state index contributed by atoms with van der Waals surface area (Å²) in [5.74, 6) is 1.33. The lowest BCUT2D eigenvalue weighted by molar-refractivity contribution is 0.353. The molecular weight excluding hydrogens is 312 g/mol. The summed E-state index contributed by atoms with van der Waals surface area (Å²) in [5.41, 5.74) is 4.05. The number of imidazole rings is 1. The van der Waals surface area contributed by atoms with Crippen LogP contribution in [0.3, 0.4) is 0 Å². The molecule has 0 aliphatic rings. The smallest absolute Gasteiger partial charge is 0.177 e. The van der Waals surface area contributed by atoms with Crippen LogP contribution in [0.2, 0.25) is 0 Å². The van der Waals surface area contributed by atoms with Crippen LogP contribution in [0.15, 0.2) is 42.7 Å². The molecule has 3 N–H and O–H groups in total. The number of pyridine rings is 1. The van der Waals surface area contributed by atoms with Gasteiger partial charge >= 0.3 is 0 Å². The van der Waals surface area contributed by atoms with E-state index >= 15 is 0 Å². The predicted molar refractivity (Wildman–Crippen MR) is 92.4 cm³/mol. The molecule has 0 amide bonds. The van der Waals surface area contributed by atoms with Gasteiger partial charge in [0, 0.05) is 30.3 Å². The maximum absolute atomic E-state index is 5.37. The number of methoxy groups -OCH3 is 2. The Morgan fingerprint density at radius 2 is 1.91 bits per heavy atom. The number of benzene rings is 1. The predicted octanol–water partition coefficient (Wildman–Crippen LogP) is 2.63. The first-order chi connectivity index (χ1) is 11.3. The fraction of sp³-hybridized carbons (Fsp3) is 0.188. The summed E-state index contributed by atoms with van der Waals surface area (Å²) < 4.78 is 15.7. The second-order valence-corrected chi connectivity index (χ2v) is 5.44. The van der Waals surface area contributed by atoms with E-state index in [-0.39, 0.29) is 0 Å². The fourth-order valence-corrected chi connectivity index (χ4v) is 2.68. The van der Waals surface area contributed by atoms with Gasteiger partial charge in [0.15, 0.2) is 11.5 Å². The van der Waals surface area contributed by atoms with E-state index < -0.39 is 0 Å². The van der Waals surface area contributed by atoms with E-state index in [9.17, 15) is 0 Å². The van der Waals surface area contributed by atoms with Crippen molar-refractivity contribution in [1.82, 2.24) is 14.1 Å². The average molecular weight is 330 g/mol. The van der Waals surface area contributed by atoms with Crippen LogP contribution < -0.4 is 19.3 Å². The van der Waals surface area contributed by atoms with Crippen LogP contribution in [0.1, 0.15) is 5.56 Å². The Morgan fingerprint density at radius 1 is 1.17 bits per heavy atom. The molecule has 0 atom stereocenters. The molecule has 1 aromatic carbocycles. The second kappa shape index (κ2) is 6.91. The van der Waals surface area contributed by atoms with Gasteiger partial charge < -0.3 is 9.47 Å². The molecule has 0 aliphatic carbocycles. The standard InChI is InChI=1S/C16H18N4O2S/c1-21-14-7-16-18-9-13(20(16)10-15(14)22-2)12-5-3-11(4-6-12)8-19-23-17/h3-7,9-10,19H,8,17H2,1-2H3. The maximum Gasteiger partial charge on any atom is 0.177 e. The molecule has 120 valence electrons. The number of nitrogens with two attached hydrogens (primary N) is 1. The monoisotopic (exact) mass is 330 g/mol. The van der Waals surface area contributed by atoms with E-state index in [0.29, 0.717) is 11.5 Å². The van der Waals surface area contributed by atoms with Gasteiger partial charge in [-0.2, -0.15) is 0 Å². The largest absolute Gasteiger partial charge is 0.493 e. The number of hydrogen-bond donors (Lipinski definition) is 2. The first kappa shape index (κ1) is 15.7. The molecule has 0 saturated heterocycles. The lowest BCUT2D eigenvalue weighted by atomic mass is 10.1. The zero-order valence-electron chi connectivity index (χ0n) is 12.9. The molecule has 2 aromatic heterocycles. The van der Waals surface area contributed by atoms with Crippen LogP contribution in [0.25, 0.3) is 16.9 Å². The third-order valence-corrected chi connectivity index (χ3v) is 3.94. The van der Waals surface area contributed by atoms with Crippen molar-refractivity contribution in [3.8, 4) is 22.8 Å². The summed E-state index contributed by atoms with van der Waals surface area (Å²) in [5, 5.41) is 5.37. The summed E-state index contributed by atoms with van der Waals surface area (Å²) in [6.07, 6.45) is 3.73. The number of rotatable bonds is 6. The Morgan fingerprint density at radius 3 is 2.57 bits per heavy atom. The van der Waals surface area contributed by atoms with Crippen molar-refractivity contribution in [3.63, 3.8) is 0 Å². The first-order valence-electron chi connectivity index (χ1n) is 7.03. The highest BCUT2D eigenvalue weighted by molar-refractivity contribution is 7.95. The molecular formula is C16H18N4O2S. The molecule has 0 spiro atoms. The van der Waals surface area contributed by atoms with Gasteiger partial charge in [-0.25, -0.2) is 9.71 Å². The van der Waals surface area contributed by atoms with E-state index in [2.05, 4.69) is 34.0 Å². The highest BCUT2D eigenvalue weighted by Crippen LogP contribution is 2.30. The minimum absolute atomic E-state index is 0.665. The SMILES string of the molecule is COc1cc2ncc(-c3ccc(CNSN)cc3)n2cc1OC. The van der Waals surface area contributed by atoms with E-state index in [1.165, 1.54) is 5.56 Å². The van der Waals surface area contributed by atoms with Crippen LogP contribution >= 0.6 is 12.1 Å². The highest BCUT2D eigenvalue weighted by Gasteiger charge is 2.11. The minimum atomic E-state index is 0.665. The van der Waals surface area contributed by atoms with Gasteiger partial charge in [0.2, 0.25) is 0 Å². The summed E-state index contributed by atoms with van der Waals surface area (Å²) in [7, 11) is 3.24. The van der Waals surface area contributed by atoms with E-state index in [1.807, 2.05) is 22.9 Å². The van der Waals surface area contributed by atoms with Crippen LogP contribution in [0.4, 0.5) is 0 Å². The van der Waals surface area contributed by atoms with Gasteiger partial charge in [0.25, 0.3) is 0 Å². The zero-order chi connectivity index (χ0) is 16.2. The third-order valence-electron chi connectivity index (χ3n) is 3.62. The number of ether oxygens (including phenoxy) is 2. The zero-order valence-corrected chi connectivity index (χ0v) is 13.8. The molecule has 0 unspecified atom stereocenters. The third kappa shape index (κ3) is 3.12. The topological polar surface area (TPSA) is 73.8 Å². The molecule has 0 bridgehead atoms. The Hall–Kier alpha value is -2.22. The number of nitrogens with zero attached hydrogens (tertiary/aromatic N) is 2. The molecule has 3 rings (SSSR count). The number of aromatic nitrogens is 2. The Balaban J connectivity index is 1.99. The van der Waals surface area contributed by atoms with Gasteiger partial charge in [-0.1, -0.05) is 24.3 Å². The Labute approximate surface area is 138 Å². The van der Waals surface area contributed by atoms with Crippen molar-refractivity contribution in [1.29, 1.82) is 0 Å². The maximum atomic E-state index is 5.37. The first-order valence-corrected chi connectivity index (χ1v) is 7.91. The average Bonchev–Trinajstić information content (AvgIpc) is 3.01. The van der Waals surface area contributed by atoms with Crippen molar-refractivity contribution in [2.75, 3.05) is 14.2 Å².